The SMILES string of the molecule is COC(C)/C=N/N1CCOCC1. The molecule has 0 aromatic heterocycles. The zero-order valence-corrected chi connectivity index (χ0v) is 7.69. The molecule has 70 valence electrons. The number of hydrogen-bond acceptors (Lipinski definition) is 4. The van der Waals surface area contributed by atoms with Crippen molar-refractivity contribution in [1.29, 1.82) is 0 Å². The molecule has 12 heavy (non-hydrogen) atoms. The lowest BCUT2D eigenvalue weighted by Crippen LogP contribution is -2.32. The van der Waals surface area contributed by atoms with Gasteiger partial charge in [-0.25, -0.2) is 0 Å². The van der Waals surface area contributed by atoms with Gasteiger partial charge in [0, 0.05) is 7.11 Å². The molecule has 1 rings (SSSR count). The predicted octanol–water partition coefficient (Wildman–Crippen LogP) is 0.339. The van der Waals surface area contributed by atoms with Crippen molar-refractivity contribution in [3.8, 4) is 0 Å². The van der Waals surface area contributed by atoms with Gasteiger partial charge in [-0.15, -0.1) is 0 Å². The summed E-state index contributed by atoms with van der Waals surface area (Å²) in [5.74, 6) is 0. The van der Waals surface area contributed by atoms with Crippen LogP contribution in [0.2, 0.25) is 0 Å². The van der Waals surface area contributed by atoms with E-state index >= 15 is 0 Å². The van der Waals surface area contributed by atoms with Crippen LogP contribution in [0.1, 0.15) is 6.92 Å². The molecule has 0 amide bonds. The van der Waals surface area contributed by atoms with Crippen molar-refractivity contribution in [2.45, 2.75) is 13.0 Å². The van der Waals surface area contributed by atoms with Gasteiger partial charge in [-0.3, -0.25) is 5.01 Å². The Hall–Kier alpha value is -0.610. The molecule has 1 aliphatic rings. The van der Waals surface area contributed by atoms with Crippen LogP contribution in [0.15, 0.2) is 5.10 Å². The van der Waals surface area contributed by atoms with E-state index in [0.717, 1.165) is 26.3 Å². The quantitative estimate of drug-likeness (QED) is 0.576. The van der Waals surface area contributed by atoms with Crippen molar-refractivity contribution < 1.29 is 9.47 Å². The molecule has 1 aliphatic heterocycles. The Balaban J connectivity index is 2.23. The summed E-state index contributed by atoms with van der Waals surface area (Å²) in [5, 5.41) is 6.26. The van der Waals surface area contributed by atoms with E-state index in [1.54, 1.807) is 7.11 Å². The first-order valence-electron chi connectivity index (χ1n) is 4.22. The maximum atomic E-state index is 5.19. The number of nitrogens with zero attached hydrogens (tertiary/aromatic N) is 2. The Bertz CT molecular complexity index is 144. The molecule has 0 aromatic carbocycles. The third-order valence-electron chi connectivity index (χ3n) is 1.80. The van der Waals surface area contributed by atoms with Crippen LogP contribution in [0.3, 0.4) is 0 Å². The molecule has 1 heterocycles. The van der Waals surface area contributed by atoms with Gasteiger partial charge in [-0.1, -0.05) is 0 Å². The zero-order chi connectivity index (χ0) is 8.81. The minimum absolute atomic E-state index is 0.0906. The van der Waals surface area contributed by atoms with Crippen molar-refractivity contribution in [3.05, 3.63) is 0 Å². The Labute approximate surface area is 73.1 Å². The fraction of sp³-hybridized carbons (Fsp3) is 0.875. The topological polar surface area (TPSA) is 34.1 Å². The summed E-state index contributed by atoms with van der Waals surface area (Å²) in [7, 11) is 1.68. The Morgan fingerprint density at radius 2 is 2.17 bits per heavy atom. The second-order valence-corrected chi connectivity index (χ2v) is 2.77. The number of hydrogen-bond donors (Lipinski definition) is 0. The molecule has 0 bridgehead atoms. The first kappa shape index (κ1) is 9.48. The minimum atomic E-state index is 0.0906. The van der Waals surface area contributed by atoms with Crippen LogP contribution in [0.5, 0.6) is 0 Å². The van der Waals surface area contributed by atoms with Gasteiger partial charge in [0.2, 0.25) is 0 Å². The van der Waals surface area contributed by atoms with Crippen molar-refractivity contribution in [2.75, 3.05) is 33.4 Å². The number of morpholine rings is 1. The molecular formula is C8H16N2O2. The predicted molar refractivity (Wildman–Crippen MR) is 47.4 cm³/mol. The zero-order valence-electron chi connectivity index (χ0n) is 7.69. The molecule has 0 radical (unpaired) electrons. The van der Waals surface area contributed by atoms with E-state index in [1.165, 1.54) is 0 Å². The highest BCUT2D eigenvalue weighted by molar-refractivity contribution is 5.61. The molecule has 0 N–H and O–H groups in total. The van der Waals surface area contributed by atoms with Gasteiger partial charge in [0.1, 0.15) is 0 Å². The Morgan fingerprint density at radius 3 is 2.75 bits per heavy atom. The van der Waals surface area contributed by atoms with Crippen LogP contribution in [0, 0.1) is 0 Å². The normalized spacial score (nSPS) is 21.7. The van der Waals surface area contributed by atoms with Crippen LogP contribution in [-0.4, -0.2) is 50.7 Å². The summed E-state index contributed by atoms with van der Waals surface area (Å²) in [4.78, 5) is 0. The summed E-state index contributed by atoms with van der Waals surface area (Å²) in [6, 6.07) is 0. The molecule has 4 nitrogen and oxygen atoms in total. The van der Waals surface area contributed by atoms with Crippen LogP contribution in [-0.2, 0) is 9.47 Å². The van der Waals surface area contributed by atoms with Gasteiger partial charge in [-0.05, 0) is 6.92 Å². The van der Waals surface area contributed by atoms with Gasteiger partial charge >= 0.3 is 0 Å². The summed E-state index contributed by atoms with van der Waals surface area (Å²) in [6.07, 6.45) is 1.90. The lowest BCUT2D eigenvalue weighted by molar-refractivity contribution is 0.0388. The average molecular weight is 172 g/mol. The second kappa shape index (κ2) is 5.11. The molecule has 1 atom stereocenters. The lowest BCUT2D eigenvalue weighted by Gasteiger charge is -2.23. The Morgan fingerprint density at radius 1 is 1.50 bits per heavy atom. The van der Waals surface area contributed by atoms with Gasteiger partial charge in [0.25, 0.3) is 0 Å². The minimum Gasteiger partial charge on any atom is -0.378 e. The number of rotatable bonds is 3. The summed E-state index contributed by atoms with van der Waals surface area (Å²) < 4.78 is 10.2. The molecule has 1 saturated heterocycles. The molecule has 0 saturated carbocycles. The fourth-order valence-corrected chi connectivity index (χ4v) is 0.918. The summed E-state index contributed by atoms with van der Waals surface area (Å²) in [6.45, 7) is 5.28. The highest BCUT2D eigenvalue weighted by Crippen LogP contribution is 1.96. The standard InChI is InChI=1S/C8H16N2O2/c1-8(11-2)7-9-10-3-5-12-6-4-10/h7-8H,3-6H2,1-2H3/b9-7+. The van der Waals surface area contributed by atoms with Gasteiger partial charge in [-0.2, -0.15) is 5.10 Å². The summed E-state index contributed by atoms with van der Waals surface area (Å²) in [5.41, 5.74) is 0. The van der Waals surface area contributed by atoms with E-state index in [9.17, 15) is 0 Å². The van der Waals surface area contributed by atoms with E-state index in [4.69, 9.17) is 9.47 Å². The smallest absolute Gasteiger partial charge is 0.0911 e. The highest BCUT2D eigenvalue weighted by atomic mass is 16.5. The average Bonchev–Trinajstić information content (AvgIpc) is 2.16. The largest absolute Gasteiger partial charge is 0.378 e. The van der Waals surface area contributed by atoms with Crippen molar-refractivity contribution >= 4 is 6.21 Å². The molecule has 0 aliphatic carbocycles. The third-order valence-corrected chi connectivity index (χ3v) is 1.80. The molecule has 1 fully saturated rings. The molecule has 1 unspecified atom stereocenters. The van der Waals surface area contributed by atoms with Gasteiger partial charge in [0.15, 0.2) is 0 Å². The maximum Gasteiger partial charge on any atom is 0.0911 e. The van der Waals surface area contributed by atoms with Crippen LogP contribution in [0.25, 0.3) is 0 Å². The van der Waals surface area contributed by atoms with E-state index < -0.39 is 0 Å². The van der Waals surface area contributed by atoms with E-state index in [2.05, 4.69) is 5.10 Å². The van der Waals surface area contributed by atoms with Crippen LogP contribution < -0.4 is 0 Å². The number of hydrazone groups is 1. The number of ether oxygens (including phenoxy) is 2. The van der Waals surface area contributed by atoms with Crippen molar-refractivity contribution in [2.24, 2.45) is 5.10 Å². The lowest BCUT2D eigenvalue weighted by atomic mass is 10.4. The van der Waals surface area contributed by atoms with Crippen LogP contribution >= 0.6 is 0 Å². The van der Waals surface area contributed by atoms with E-state index in [1.807, 2.05) is 18.1 Å². The monoisotopic (exact) mass is 172 g/mol. The summed E-state index contributed by atoms with van der Waals surface area (Å²) >= 11 is 0. The van der Waals surface area contributed by atoms with E-state index in [-0.39, 0.29) is 6.10 Å². The fourth-order valence-electron chi connectivity index (χ4n) is 0.918. The molecular weight excluding hydrogens is 156 g/mol. The van der Waals surface area contributed by atoms with Gasteiger partial charge in [0.05, 0.1) is 38.6 Å². The Kier molecular flexibility index (Phi) is 4.04. The van der Waals surface area contributed by atoms with Crippen molar-refractivity contribution in [1.82, 2.24) is 5.01 Å². The molecule has 0 spiro atoms. The van der Waals surface area contributed by atoms with Crippen molar-refractivity contribution in [3.63, 3.8) is 0 Å². The first-order valence-corrected chi connectivity index (χ1v) is 4.22. The maximum absolute atomic E-state index is 5.19. The number of methoxy groups -OCH3 is 1. The molecule has 4 heteroatoms. The second-order valence-electron chi connectivity index (χ2n) is 2.77. The third kappa shape index (κ3) is 3.19. The first-order chi connectivity index (χ1) is 5.83. The highest BCUT2D eigenvalue weighted by Gasteiger charge is 2.06. The van der Waals surface area contributed by atoms with Gasteiger partial charge < -0.3 is 9.47 Å². The van der Waals surface area contributed by atoms with E-state index in [0.29, 0.717) is 0 Å². The van der Waals surface area contributed by atoms with Crippen LogP contribution in [0.4, 0.5) is 0 Å². The molecule has 0 aromatic rings.